The van der Waals surface area contributed by atoms with Crippen LogP contribution in [0.1, 0.15) is 59.1 Å². The van der Waals surface area contributed by atoms with Gasteiger partial charge in [-0.3, -0.25) is 15.2 Å². The maximum absolute atomic E-state index is 13.5. The summed E-state index contributed by atoms with van der Waals surface area (Å²) in [6.07, 6.45) is 1.58. The van der Waals surface area contributed by atoms with E-state index in [0.29, 0.717) is 16.9 Å². The number of guanidine groups is 1. The lowest BCUT2D eigenvalue weighted by Gasteiger charge is -2.28. The number of hydroxylamine groups is 1. The molecule has 3 rings (SSSR count). The van der Waals surface area contributed by atoms with E-state index in [1.54, 1.807) is 79.1 Å². The Bertz CT molecular complexity index is 1930. The van der Waals surface area contributed by atoms with Crippen molar-refractivity contribution in [3.8, 4) is 11.5 Å². The lowest BCUT2D eigenvalue weighted by atomic mass is 10.2. The van der Waals surface area contributed by atoms with E-state index in [-0.39, 0.29) is 37.7 Å². The van der Waals surface area contributed by atoms with Gasteiger partial charge in [0.15, 0.2) is 0 Å². The maximum atomic E-state index is 13.5. The fourth-order valence-electron chi connectivity index (χ4n) is 4.37. The second-order valence-electron chi connectivity index (χ2n) is 13.7. The summed E-state index contributed by atoms with van der Waals surface area (Å²) < 4.78 is 76.7. The Kier molecular flexibility index (Phi) is 14.3. The molecule has 0 radical (unpaired) electrons. The van der Waals surface area contributed by atoms with Crippen LogP contribution in [-0.2, 0) is 40.9 Å². The number of nitrogens with zero attached hydrogens (tertiary/aromatic N) is 3. The van der Waals surface area contributed by atoms with E-state index in [1.165, 1.54) is 43.4 Å². The lowest BCUT2D eigenvalue weighted by Crippen LogP contribution is -2.51. The van der Waals surface area contributed by atoms with Crippen molar-refractivity contribution in [2.24, 2.45) is 0 Å². The van der Waals surface area contributed by atoms with Crippen molar-refractivity contribution in [3.63, 3.8) is 0 Å². The van der Waals surface area contributed by atoms with Gasteiger partial charge in [0.1, 0.15) is 32.5 Å². The van der Waals surface area contributed by atoms with Crippen molar-refractivity contribution in [2.45, 2.75) is 82.3 Å². The fraction of sp³-hybridized carbons (Fsp3) is 0.429. The van der Waals surface area contributed by atoms with Gasteiger partial charge >= 0.3 is 22.3 Å². The molecule has 0 saturated heterocycles. The molecule has 290 valence electrons. The van der Waals surface area contributed by atoms with Crippen LogP contribution in [0.3, 0.4) is 0 Å². The van der Waals surface area contributed by atoms with Gasteiger partial charge < -0.3 is 18.4 Å². The molecule has 16 nitrogen and oxygen atoms in total. The minimum atomic E-state index is -4.63. The van der Waals surface area contributed by atoms with Gasteiger partial charge in [-0.1, -0.05) is 12.1 Å². The number of likely N-dealkylation sites (N-methyl/N-ethyl adjacent to an activating group) is 1. The summed E-state index contributed by atoms with van der Waals surface area (Å²) in [6, 6.07) is 13.2. The number of carbonyl (C=O) groups excluding carboxylic acids is 2. The molecule has 2 amide bonds. The third-order valence-electron chi connectivity index (χ3n) is 6.71. The van der Waals surface area contributed by atoms with E-state index in [1.807, 2.05) is 0 Å². The number of rotatable bonds is 14. The fourth-order valence-corrected chi connectivity index (χ4v) is 7.23. The second-order valence-corrected chi connectivity index (χ2v) is 17.2. The Labute approximate surface area is 311 Å². The molecule has 2 aromatic carbocycles. The quantitative estimate of drug-likeness (QED) is 0.0691. The summed E-state index contributed by atoms with van der Waals surface area (Å²) in [4.78, 5) is 34.0. The predicted molar refractivity (Wildman–Crippen MR) is 194 cm³/mol. The van der Waals surface area contributed by atoms with Gasteiger partial charge in [0, 0.05) is 38.5 Å². The van der Waals surface area contributed by atoms with E-state index in [2.05, 4.69) is 10.5 Å². The number of sulfonamides is 1. The number of benzene rings is 2. The smallest absolute Gasteiger partial charge is 0.427 e. The molecular formula is C35H47N5O11S2. The topological polar surface area (TPSA) is 204 Å². The molecule has 0 aliphatic rings. The summed E-state index contributed by atoms with van der Waals surface area (Å²) >= 11 is 0. The van der Waals surface area contributed by atoms with Gasteiger partial charge in [0.2, 0.25) is 16.0 Å². The molecule has 0 spiro atoms. The van der Waals surface area contributed by atoms with Gasteiger partial charge in [-0.15, -0.1) is 4.90 Å². The first-order chi connectivity index (χ1) is 24.6. The van der Waals surface area contributed by atoms with Gasteiger partial charge in [-0.25, -0.2) is 27.8 Å². The van der Waals surface area contributed by atoms with Crippen molar-refractivity contribution in [2.75, 3.05) is 26.8 Å². The van der Waals surface area contributed by atoms with Crippen molar-refractivity contribution in [1.29, 1.82) is 5.41 Å². The molecule has 0 aliphatic heterocycles. The normalized spacial score (nSPS) is 12.2. The highest BCUT2D eigenvalue weighted by atomic mass is 32.2. The van der Waals surface area contributed by atoms with Crippen LogP contribution in [0.15, 0.2) is 76.8 Å². The zero-order valence-corrected chi connectivity index (χ0v) is 32.7. The number of aryl methyl sites for hydroxylation is 1. The minimum Gasteiger partial charge on any atom is -0.493 e. The average molecular weight is 778 g/mol. The van der Waals surface area contributed by atoms with E-state index < -0.39 is 59.3 Å². The maximum Gasteiger partial charge on any atom is 0.427 e. The first-order valence-corrected chi connectivity index (χ1v) is 19.3. The standard InChI is InChI=1S/C35H47N5O11S2/c1-25-22-27(47-20-11-21-48-38-31(36)40(32(41)49-34(2,3)4)33(42)50-35(5,6)7)24-28(23-25)51-53(45,46)30-13-10-9-12-29(30)52(43,44)39(8)19-16-26-14-17-37-18-15-26/h9-10,12-15,17-18,22-24H,11,16,19-21H2,1-8H3,(H2,36,38). The van der Waals surface area contributed by atoms with Gasteiger partial charge in [0.25, 0.3) is 0 Å². The van der Waals surface area contributed by atoms with Crippen molar-refractivity contribution in [1.82, 2.24) is 19.7 Å². The zero-order valence-electron chi connectivity index (χ0n) is 31.0. The number of nitrogens with one attached hydrogen (secondary N) is 2. The van der Waals surface area contributed by atoms with Crippen molar-refractivity contribution >= 4 is 38.3 Å². The molecule has 0 fully saturated rings. The van der Waals surface area contributed by atoms with Crippen LogP contribution in [0.4, 0.5) is 9.59 Å². The number of hydrogen-bond donors (Lipinski definition) is 2. The van der Waals surface area contributed by atoms with Crippen LogP contribution in [-0.4, -0.2) is 87.2 Å². The number of amides is 2. The predicted octanol–water partition coefficient (Wildman–Crippen LogP) is 5.42. The Balaban J connectivity index is 1.61. The highest BCUT2D eigenvalue weighted by Crippen LogP contribution is 2.29. The van der Waals surface area contributed by atoms with Crippen LogP contribution in [0.25, 0.3) is 0 Å². The number of ether oxygens (including phenoxy) is 3. The Morgan fingerprint density at radius 2 is 1.40 bits per heavy atom. The van der Waals surface area contributed by atoms with Crippen LogP contribution in [0.5, 0.6) is 11.5 Å². The zero-order chi connectivity index (χ0) is 39.6. The Morgan fingerprint density at radius 1 is 0.830 bits per heavy atom. The number of aromatic nitrogens is 1. The lowest BCUT2D eigenvalue weighted by molar-refractivity contribution is 0.00819. The highest BCUT2D eigenvalue weighted by molar-refractivity contribution is 7.91. The van der Waals surface area contributed by atoms with Crippen molar-refractivity contribution in [3.05, 3.63) is 78.1 Å². The van der Waals surface area contributed by atoms with Crippen LogP contribution >= 0.6 is 0 Å². The third-order valence-corrected chi connectivity index (χ3v) is 10.1. The van der Waals surface area contributed by atoms with Crippen LogP contribution < -0.4 is 14.4 Å². The van der Waals surface area contributed by atoms with E-state index >= 15 is 0 Å². The Hall–Kier alpha value is -4.78. The molecule has 0 bridgehead atoms. The largest absolute Gasteiger partial charge is 0.493 e. The molecule has 0 aliphatic carbocycles. The summed E-state index contributed by atoms with van der Waals surface area (Å²) in [5, 5.41) is 8.19. The molecule has 0 saturated carbocycles. The number of carbonyl (C=O) groups is 2. The van der Waals surface area contributed by atoms with Crippen molar-refractivity contribution < 1.29 is 49.7 Å². The van der Waals surface area contributed by atoms with E-state index in [4.69, 9.17) is 28.6 Å². The van der Waals surface area contributed by atoms with Gasteiger partial charge in [0.05, 0.1) is 13.2 Å². The molecule has 0 atom stereocenters. The van der Waals surface area contributed by atoms with Crippen LogP contribution in [0, 0.1) is 12.3 Å². The number of hydrogen-bond acceptors (Lipinski definition) is 13. The molecule has 1 aromatic heterocycles. The molecule has 2 N–H and O–H groups in total. The third kappa shape index (κ3) is 13.3. The Morgan fingerprint density at radius 3 is 1.98 bits per heavy atom. The molecule has 18 heteroatoms. The minimum absolute atomic E-state index is 0.0370. The van der Waals surface area contributed by atoms with Crippen LogP contribution in [0.2, 0.25) is 0 Å². The highest BCUT2D eigenvalue weighted by Gasteiger charge is 2.35. The average Bonchev–Trinajstić information content (AvgIpc) is 3.03. The molecule has 53 heavy (non-hydrogen) atoms. The molecule has 3 aromatic rings. The molecular weight excluding hydrogens is 731 g/mol. The number of pyridine rings is 1. The summed E-state index contributed by atoms with van der Waals surface area (Å²) in [7, 11) is -7.49. The molecule has 0 unspecified atom stereocenters. The monoisotopic (exact) mass is 777 g/mol. The van der Waals surface area contributed by atoms with E-state index in [0.717, 1.165) is 9.87 Å². The first kappa shape index (κ1) is 42.6. The summed E-state index contributed by atoms with van der Waals surface area (Å²) in [5.74, 6) is -0.579. The molecule has 1 heterocycles. The summed E-state index contributed by atoms with van der Waals surface area (Å²) in [5.41, 5.74) is 1.79. The second kappa shape index (κ2) is 17.8. The number of imide groups is 1. The van der Waals surface area contributed by atoms with Gasteiger partial charge in [-0.2, -0.15) is 8.42 Å². The SMILES string of the molecule is Cc1cc(OCCCONC(=N)N(C(=O)OC(C)(C)C)C(=O)OC(C)(C)C)cc(OS(=O)(=O)c2ccccc2S(=O)(=O)N(C)CCc2ccncc2)c1. The van der Waals surface area contributed by atoms with E-state index in [9.17, 15) is 26.4 Å². The van der Waals surface area contributed by atoms with Gasteiger partial charge in [-0.05, 0) is 102 Å². The first-order valence-electron chi connectivity index (χ1n) is 16.4. The summed E-state index contributed by atoms with van der Waals surface area (Å²) in [6.45, 7) is 11.5.